The van der Waals surface area contributed by atoms with Crippen LogP contribution in [0.15, 0.2) is 0 Å². The van der Waals surface area contributed by atoms with E-state index in [-0.39, 0.29) is 0 Å². The summed E-state index contributed by atoms with van der Waals surface area (Å²) in [6.45, 7) is 14.7. The van der Waals surface area contributed by atoms with E-state index in [1.807, 2.05) is 0 Å². The molecule has 20 heavy (non-hydrogen) atoms. The van der Waals surface area contributed by atoms with Crippen molar-refractivity contribution in [2.45, 2.75) is 72.6 Å². The van der Waals surface area contributed by atoms with Gasteiger partial charge in [0.05, 0.1) is 32.1 Å². The van der Waals surface area contributed by atoms with E-state index in [2.05, 4.69) is 37.2 Å². The van der Waals surface area contributed by atoms with Gasteiger partial charge in [0, 0.05) is 11.8 Å². The van der Waals surface area contributed by atoms with Gasteiger partial charge in [-0.3, -0.25) is 9.48 Å². The SMILES string of the molecule is CCCCCCCCN1CCC[N+]2=C1C(C)C(C)(C)C2. The van der Waals surface area contributed by atoms with Crippen LogP contribution >= 0.6 is 0 Å². The number of hydrogen-bond donors (Lipinski definition) is 0. The van der Waals surface area contributed by atoms with Crippen LogP contribution in [-0.4, -0.2) is 41.5 Å². The number of amidine groups is 1. The maximum Gasteiger partial charge on any atom is 0.250 e. The molecule has 0 aromatic heterocycles. The molecule has 2 nitrogen and oxygen atoms in total. The highest BCUT2D eigenvalue weighted by atomic mass is 15.3. The van der Waals surface area contributed by atoms with Crippen molar-refractivity contribution in [1.82, 2.24) is 4.90 Å². The zero-order chi connectivity index (χ0) is 14.6. The van der Waals surface area contributed by atoms with E-state index in [0.717, 1.165) is 5.92 Å². The molecule has 1 atom stereocenters. The summed E-state index contributed by atoms with van der Waals surface area (Å²) in [6, 6.07) is 0. The molecule has 2 aliphatic heterocycles. The maximum atomic E-state index is 2.71. The Morgan fingerprint density at radius 3 is 2.60 bits per heavy atom. The standard InChI is InChI=1S/C18H35N2/c1-5-6-7-8-9-10-12-19-13-11-14-20-15-18(3,4)16(2)17(19)20/h16H,5-15H2,1-4H3/q+1. The van der Waals surface area contributed by atoms with Crippen LogP contribution in [0.2, 0.25) is 0 Å². The van der Waals surface area contributed by atoms with E-state index in [1.165, 1.54) is 71.1 Å². The number of unbranched alkanes of at least 4 members (excludes halogenated alkanes) is 5. The fourth-order valence-electron chi connectivity index (χ4n) is 3.88. The Bertz CT molecular complexity index is 343. The lowest BCUT2D eigenvalue weighted by atomic mass is 9.81. The van der Waals surface area contributed by atoms with Gasteiger partial charge in [-0.25, -0.2) is 0 Å². The third-order valence-corrected chi connectivity index (χ3v) is 5.44. The summed E-state index contributed by atoms with van der Waals surface area (Å²) in [7, 11) is 0. The molecule has 2 aliphatic rings. The first-order valence-electron chi connectivity index (χ1n) is 8.93. The van der Waals surface area contributed by atoms with E-state index in [4.69, 9.17) is 0 Å². The van der Waals surface area contributed by atoms with E-state index in [9.17, 15) is 0 Å². The van der Waals surface area contributed by atoms with Crippen molar-refractivity contribution in [1.29, 1.82) is 0 Å². The molecule has 0 aromatic rings. The quantitative estimate of drug-likeness (QED) is 0.501. The third kappa shape index (κ3) is 3.56. The molecular weight excluding hydrogens is 244 g/mol. The number of nitrogens with zero attached hydrogens (tertiary/aromatic N) is 2. The summed E-state index contributed by atoms with van der Waals surface area (Å²) in [6.07, 6.45) is 9.79. The van der Waals surface area contributed by atoms with Crippen molar-refractivity contribution < 1.29 is 4.58 Å². The van der Waals surface area contributed by atoms with Gasteiger partial charge < -0.3 is 0 Å². The van der Waals surface area contributed by atoms with Crippen molar-refractivity contribution in [3.63, 3.8) is 0 Å². The van der Waals surface area contributed by atoms with Crippen LogP contribution in [0.1, 0.15) is 72.6 Å². The molecule has 0 spiro atoms. The molecule has 0 saturated carbocycles. The van der Waals surface area contributed by atoms with Gasteiger partial charge in [0.1, 0.15) is 0 Å². The molecule has 2 heteroatoms. The predicted molar refractivity (Wildman–Crippen MR) is 87.5 cm³/mol. The lowest BCUT2D eigenvalue weighted by molar-refractivity contribution is -0.539. The van der Waals surface area contributed by atoms with Crippen LogP contribution in [0.4, 0.5) is 0 Å². The van der Waals surface area contributed by atoms with Crippen molar-refractivity contribution >= 4 is 5.84 Å². The molecule has 0 bridgehead atoms. The zero-order valence-corrected chi connectivity index (χ0v) is 14.2. The van der Waals surface area contributed by atoms with Crippen molar-refractivity contribution in [3.8, 4) is 0 Å². The molecule has 2 heterocycles. The zero-order valence-electron chi connectivity index (χ0n) is 14.2. The Morgan fingerprint density at radius 1 is 1.15 bits per heavy atom. The van der Waals surface area contributed by atoms with Crippen LogP contribution in [0.25, 0.3) is 0 Å². The summed E-state index contributed by atoms with van der Waals surface area (Å²) in [5.74, 6) is 2.39. The molecule has 116 valence electrons. The number of rotatable bonds is 7. The molecule has 0 aromatic carbocycles. The van der Waals surface area contributed by atoms with Crippen LogP contribution in [0, 0.1) is 11.3 Å². The summed E-state index contributed by atoms with van der Waals surface area (Å²) in [5, 5.41) is 0. The van der Waals surface area contributed by atoms with Crippen LogP contribution in [0.3, 0.4) is 0 Å². The van der Waals surface area contributed by atoms with E-state index >= 15 is 0 Å². The molecule has 0 N–H and O–H groups in total. The van der Waals surface area contributed by atoms with Gasteiger partial charge in [0.25, 0.3) is 0 Å². The molecule has 0 fully saturated rings. The molecular formula is C18H35N2+. The van der Waals surface area contributed by atoms with Gasteiger partial charge in [0.15, 0.2) is 0 Å². The van der Waals surface area contributed by atoms with Crippen molar-refractivity contribution in [3.05, 3.63) is 0 Å². The van der Waals surface area contributed by atoms with E-state index in [0.29, 0.717) is 5.41 Å². The summed E-state index contributed by atoms with van der Waals surface area (Å²) in [5.41, 5.74) is 0.457. The first-order valence-corrected chi connectivity index (χ1v) is 8.93. The van der Waals surface area contributed by atoms with Gasteiger partial charge in [-0.2, -0.15) is 0 Å². The van der Waals surface area contributed by atoms with Gasteiger partial charge >= 0.3 is 0 Å². The van der Waals surface area contributed by atoms with Crippen molar-refractivity contribution in [2.24, 2.45) is 11.3 Å². The van der Waals surface area contributed by atoms with Crippen molar-refractivity contribution in [2.75, 3.05) is 26.2 Å². The van der Waals surface area contributed by atoms with Crippen LogP contribution in [-0.2, 0) is 0 Å². The van der Waals surface area contributed by atoms with Crippen LogP contribution < -0.4 is 0 Å². The first-order chi connectivity index (χ1) is 9.56. The third-order valence-electron chi connectivity index (χ3n) is 5.44. The topological polar surface area (TPSA) is 6.25 Å². The normalized spacial score (nSPS) is 25.2. The smallest absolute Gasteiger partial charge is 0.250 e. The fourth-order valence-corrected chi connectivity index (χ4v) is 3.88. The first kappa shape index (κ1) is 15.9. The monoisotopic (exact) mass is 279 g/mol. The van der Waals surface area contributed by atoms with Crippen LogP contribution in [0.5, 0.6) is 0 Å². The summed E-state index contributed by atoms with van der Waals surface area (Å²) in [4.78, 5) is 2.71. The summed E-state index contributed by atoms with van der Waals surface area (Å²) < 4.78 is 2.67. The second-order valence-electron chi connectivity index (χ2n) is 7.60. The minimum absolute atomic E-state index is 0.457. The molecule has 1 unspecified atom stereocenters. The summed E-state index contributed by atoms with van der Waals surface area (Å²) >= 11 is 0. The lowest BCUT2D eigenvalue weighted by Crippen LogP contribution is -2.44. The highest BCUT2D eigenvalue weighted by Crippen LogP contribution is 2.35. The van der Waals surface area contributed by atoms with Gasteiger partial charge in [-0.15, -0.1) is 0 Å². The second-order valence-corrected chi connectivity index (χ2v) is 7.60. The average molecular weight is 279 g/mol. The fraction of sp³-hybridized carbons (Fsp3) is 0.944. The number of hydrogen-bond acceptors (Lipinski definition) is 1. The van der Waals surface area contributed by atoms with E-state index in [1.54, 1.807) is 5.84 Å². The largest absolute Gasteiger partial charge is 0.265 e. The maximum absolute atomic E-state index is 2.71. The minimum atomic E-state index is 0.457. The second kappa shape index (κ2) is 6.95. The highest BCUT2D eigenvalue weighted by molar-refractivity contribution is 5.82. The Kier molecular flexibility index (Phi) is 5.51. The molecule has 0 saturated heterocycles. The Morgan fingerprint density at radius 2 is 1.85 bits per heavy atom. The van der Waals surface area contributed by atoms with Gasteiger partial charge in [0.2, 0.25) is 5.84 Å². The molecule has 2 rings (SSSR count). The predicted octanol–water partition coefficient (Wildman–Crippen LogP) is 4.14. The highest BCUT2D eigenvalue weighted by Gasteiger charge is 2.47. The molecule has 0 amide bonds. The Hall–Kier alpha value is -0.530. The Balaban J connectivity index is 1.81. The Labute approximate surface area is 126 Å². The lowest BCUT2D eigenvalue weighted by Gasteiger charge is -2.26. The average Bonchev–Trinajstić information content (AvgIpc) is 2.65. The minimum Gasteiger partial charge on any atom is -0.265 e. The molecule has 0 aliphatic carbocycles. The molecule has 0 radical (unpaired) electrons. The van der Waals surface area contributed by atoms with Gasteiger partial charge in [-0.1, -0.05) is 53.4 Å². The van der Waals surface area contributed by atoms with Gasteiger partial charge in [-0.05, 0) is 12.8 Å². The van der Waals surface area contributed by atoms with E-state index < -0.39 is 0 Å².